The molecule has 3 rings (SSSR count). The van der Waals surface area contributed by atoms with Crippen LogP contribution >= 0.6 is 11.8 Å². The minimum absolute atomic E-state index is 0.0433. The van der Waals surface area contributed by atoms with Crippen molar-refractivity contribution >= 4 is 23.6 Å². The maximum absolute atomic E-state index is 12.3. The Balaban J connectivity index is 1.68. The van der Waals surface area contributed by atoms with E-state index in [0.717, 1.165) is 17.7 Å². The van der Waals surface area contributed by atoms with Gasteiger partial charge >= 0.3 is 5.97 Å². The normalized spacial score (nSPS) is 28.0. The summed E-state index contributed by atoms with van der Waals surface area (Å²) in [6.45, 7) is 5.76. The van der Waals surface area contributed by atoms with E-state index in [2.05, 4.69) is 5.16 Å². The fraction of sp³-hybridized carbons (Fsp3) is 0.643. The van der Waals surface area contributed by atoms with E-state index < -0.39 is 6.04 Å². The second-order valence-electron chi connectivity index (χ2n) is 5.68. The third-order valence-corrected chi connectivity index (χ3v) is 5.76. The van der Waals surface area contributed by atoms with Gasteiger partial charge in [-0.15, -0.1) is 11.8 Å². The van der Waals surface area contributed by atoms with E-state index in [1.807, 2.05) is 13.8 Å². The van der Waals surface area contributed by atoms with Crippen LogP contribution < -0.4 is 0 Å². The van der Waals surface area contributed by atoms with E-state index in [1.165, 1.54) is 0 Å². The molecule has 3 heterocycles. The van der Waals surface area contributed by atoms with Crippen molar-refractivity contribution in [3.8, 4) is 0 Å². The van der Waals surface area contributed by atoms with Gasteiger partial charge < -0.3 is 14.2 Å². The third kappa shape index (κ3) is 2.33. The molecule has 6 nitrogen and oxygen atoms in total. The van der Waals surface area contributed by atoms with Gasteiger partial charge in [0, 0.05) is 12.2 Å². The highest BCUT2D eigenvalue weighted by Gasteiger charge is 2.53. The standard InChI is InChI=1S/C14H18N2O4S/c1-8-10(9(2)20-15-8)6-19-13(18)11-7-21-14(3)5-4-12(17)16(11)14/h11H,4-7H2,1-3H3/t11-,14+/m1/s1. The number of esters is 1. The van der Waals surface area contributed by atoms with Gasteiger partial charge in [0.1, 0.15) is 18.4 Å². The van der Waals surface area contributed by atoms with Crippen LogP contribution in [0.2, 0.25) is 0 Å². The quantitative estimate of drug-likeness (QED) is 0.793. The fourth-order valence-corrected chi connectivity index (χ4v) is 4.36. The van der Waals surface area contributed by atoms with Crippen molar-refractivity contribution in [2.24, 2.45) is 0 Å². The molecule has 0 N–H and O–H groups in total. The number of aryl methyl sites for hydroxylation is 2. The lowest BCUT2D eigenvalue weighted by atomic mass is 10.2. The first-order valence-electron chi connectivity index (χ1n) is 6.97. The van der Waals surface area contributed by atoms with Gasteiger partial charge in [0.05, 0.1) is 16.1 Å². The molecule has 0 aromatic carbocycles. The lowest BCUT2D eigenvalue weighted by Gasteiger charge is -2.29. The molecular weight excluding hydrogens is 292 g/mol. The Bertz CT molecular complexity index is 580. The van der Waals surface area contributed by atoms with Crippen LogP contribution in [0.25, 0.3) is 0 Å². The van der Waals surface area contributed by atoms with Crippen LogP contribution in [0, 0.1) is 13.8 Å². The number of hydrogen-bond acceptors (Lipinski definition) is 6. The van der Waals surface area contributed by atoms with Gasteiger partial charge in [-0.05, 0) is 27.2 Å². The zero-order chi connectivity index (χ0) is 15.2. The van der Waals surface area contributed by atoms with Crippen molar-refractivity contribution in [1.29, 1.82) is 0 Å². The molecule has 0 spiro atoms. The summed E-state index contributed by atoms with van der Waals surface area (Å²) in [5.41, 5.74) is 1.52. The van der Waals surface area contributed by atoms with Gasteiger partial charge in [0.25, 0.3) is 0 Å². The molecule has 0 unspecified atom stereocenters. The summed E-state index contributed by atoms with van der Waals surface area (Å²) < 4.78 is 10.4. The number of ether oxygens (including phenoxy) is 1. The summed E-state index contributed by atoms with van der Waals surface area (Å²) in [6, 6.07) is -0.476. The first kappa shape index (κ1) is 14.4. The maximum atomic E-state index is 12.3. The van der Waals surface area contributed by atoms with Gasteiger partial charge in [0.15, 0.2) is 0 Å². The van der Waals surface area contributed by atoms with Crippen LogP contribution in [0.5, 0.6) is 0 Å². The predicted molar refractivity (Wildman–Crippen MR) is 76.5 cm³/mol. The zero-order valence-electron chi connectivity index (χ0n) is 12.3. The van der Waals surface area contributed by atoms with E-state index in [-0.39, 0.29) is 23.4 Å². The van der Waals surface area contributed by atoms with Crippen molar-refractivity contribution in [3.63, 3.8) is 0 Å². The van der Waals surface area contributed by atoms with Crippen molar-refractivity contribution in [2.75, 3.05) is 5.75 Å². The van der Waals surface area contributed by atoms with Crippen molar-refractivity contribution < 1.29 is 18.8 Å². The van der Waals surface area contributed by atoms with Gasteiger partial charge in [-0.2, -0.15) is 0 Å². The van der Waals surface area contributed by atoms with Crippen LogP contribution in [0.1, 0.15) is 36.8 Å². The highest BCUT2D eigenvalue weighted by Crippen LogP contribution is 2.47. The van der Waals surface area contributed by atoms with Gasteiger partial charge in [-0.25, -0.2) is 4.79 Å². The second kappa shape index (κ2) is 5.05. The molecule has 0 saturated carbocycles. The highest BCUT2D eigenvalue weighted by molar-refractivity contribution is 8.01. The van der Waals surface area contributed by atoms with Crippen LogP contribution in [0.3, 0.4) is 0 Å². The lowest BCUT2D eigenvalue weighted by Crippen LogP contribution is -2.46. The summed E-state index contributed by atoms with van der Waals surface area (Å²) in [5.74, 6) is 0.953. The number of aromatic nitrogens is 1. The van der Waals surface area contributed by atoms with Crippen LogP contribution in [0.15, 0.2) is 4.52 Å². The SMILES string of the molecule is Cc1noc(C)c1COC(=O)[C@H]1CS[C@@]2(C)CCC(=O)N12. The topological polar surface area (TPSA) is 72.6 Å². The summed E-state index contributed by atoms with van der Waals surface area (Å²) in [4.78, 5) is 25.8. The molecule has 0 bridgehead atoms. The number of amides is 1. The minimum atomic E-state index is -0.476. The molecule has 1 amide bonds. The molecule has 2 aliphatic rings. The highest BCUT2D eigenvalue weighted by atomic mass is 32.2. The molecule has 2 atom stereocenters. The van der Waals surface area contributed by atoms with Crippen molar-refractivity contribution in [2.45, 2.75) is 51.1 Å². The first-order valence-corrected chi connectivity index (χ1v) is 7.95. The molecule has 1 aromatic rings. The Morgan fingerprint density at radius 3 is 3.00 bits per heavy atom. The van der Waals surface area contributed by atoms with Crippen LogP contribution in [-0.4, -0.2) is 38.6 Å². The average Bonchev–Trinajstić information content (AvgIpc) is 3.04. The van der Waals surface area contributed by atoms with Gasteiger partial charge in [0.2, 0.25) is 5.91 Å². The Hall–Kier alpha value is -1.50. The first-order chi connectivity index (χ1) is 9.92. The number of nitrogens with zero attached hydrogens (tertiary/aromatic N) is 2. The lowest BCUT2D eigenvalue weighted by molar-refractivity contribution is -0.154. The molecule has 21 heavy (non-hydrogen) atoms. The molecule has 7 heteroatoms. The van der Waals surface area contributed by atoms with E-state index in [1.54, 1.807) is 23.6 Å². The van der Waals surface area contributed by atoms with Crippen LogP contribution in [-0.2, 0) is 20.9 Å². The summed E-state index contributed by atoms with van der Waals surface area (Å²) in [5, 5.41) is 3.83. The molecule has 2 aliphatic heterocycles. The molecule has 2 fully saturated rings. The summed E-state index contributed by atoms with van der Waals surface area (Å²) >= 11 is 1.66. The minimum Gasteiger partial charge on any atom is -0.459 e. The largest absolute Gasteiger partial charge is 0.459 e. The second-order valence-corrected chi connectivity index (χ2v) is 7.18. The Morgan fingerprint density at radius 2 is 2.33 bits per heavy atom. The molecule has 0 aliphatic carbocycles. The smallest absolute Gasteiger partial charge is 0.330 e. The molecule has 114 valence electrons. The van der Waals surface area contributed by atoms with Gasteiger partial charge in [-0.1, -0.05) is 5.16 Å². The van der Waals surface area contributed by atoms with Crippen molar-refractivity contribution in [1.82, 2.24) is 10.1 Å². The van der Waals surface area contributed by atoms with Crippen LogP contribution in [0.4, 0.5) is 0 Å². The zero-order valence-corrected chi connectivity index (χ0v) is 13.2. The molecule has 2 saturated heterocycles. The third-order valence-electron chi connectivity index (χ3n) is 4.26. The maximum Gasteiger partial charge on any atom is 0.330 e. The van der Waals surface area contributed by atoms with Crippen molar-refractivity contribution in [3.05, 3.63) is 17.0 Å². The number of hydrogen-bond donors (Lipinski definition) is 0. The Kier molecular flexibility index (Phi) is 3.47. The van der Waals surface area contributed by atoms with E-state index in [0.29, 0.717) is 17.9 Å². The summed E-state index contributed by atoms with van der Waals surface area (Å²) in [6.07, 6.45) is 1.31. The Morgan fingerprint density at radius 1 is 1.57 bits per heavy atom. The average molecular weight is 310 g/mol. The van der Waals surface area contributed by atoms with E-state index in [9.17, 15) is 9.59 Å². The number of thioether (sulfide) groups is 1. The molecule has 1 aromatic heterocycles. The number of fused-ring (bicyclic) bond motifs is 1. The Labute approximate surface area is 127 Å². The van der Waals surface area contributed by atoms with Gasteiger partial charge in [-0.3, -0.25) is 4.79 Å². The molecule has 0 radical (unpaired) electrons. The number of carbonyl (C=O) groups is 2. The van der Waals surface area contributed by atoms with E-state index in [4.69, 9.17) is 9.26 Å². The number of carbonyl (C=O) groups excluding carboxylic acids is 2. The number of rotatable bonds is 3. The van der Waals surface area contributed by atoms with E-state index >= 15 is 0 Å². The predicted octanol–water partition coefficient (Wildman–Crippen LogP) is 1.79. The monoisotopic (exact) mass is 310 g/mol. The molecular formula is C14H18N2O4S. The summed E-state index contributed by atoms with van der Waals surface area (Å²) in [7, 11) is 0. The fourth-order valence-electron chi connectivity index (χ4n) is 2.94.